The summed E-state index contributed by atoms with van der Waals surface area (Å²) in [6.45, 7) is 2.08. The van der Waals surface area contributed by atoms with Crippen LogP contribution in [0.15, 0.2) is 47.5 Å². The van der Waals surface area contributed by atoms with Crippen LogP contribution < -0.4 is 5.69 Å². The van der Waals surface area contributed by atoms with Crippen LogP contribution in [0, 0.1) is 6.92 Å². The van der Waals surface area contributed by atoms with Crippen molar-refractivity contribution in [2.24, 2.45) is 0 Å². The molecule has 1 heterocycles. The highest BCUT2D eigenvalue weighted by atomic mass is 16.3. The van der Waals surface area contributed by atoms with E-state index in [0.29, 0.717) is 0 Å². The van der Waals surface area contributed by atoms with Gasteiger partial charge in [-0.15, -0.1) is 0 Å². The molecule has 1 unspecified atom stereocenters. The third-order valence-electron chi connectivity index (χ3n) is 2.54. The minimum Gasteiger partial charge on any atom is -0.387 e. The van der Waals surface area contributed by atoms with Crippen molar-refractivity contribution >= 4 is 0 Å². The molecule has 0 saturated heterocycles. The zero-order valence-corrected chi connectivity index (χ0v) is 9.58. The highest BCUT2D eigenvalue weighted by Gasteiger charge is 2.08. The Hall–Kier alpha value is -1.94. The first-order chi connectivity index (χ1) is 8.16. The molecule has 88 valence electrons. The SMILES string of the molecule is Cc1cnc(=O)n(CC(O)c2ccccc2)c1. The molecule has 0 saturated carbocycles. The number of benzene rings is 1. The molecule has 4 heteroatoms. The number of hydrogen-bond acceptors (Lipinski definition) is 3. The lowest BCUT2D eigenvalue weighted by molar-refractivity contribution is 0.154. The summed E-state index contributed by atoms with van der Waals surface area (Å²) in [6, 6.07) is 9.26. The molecule has 2 aromatic rings. The van der Waals surface area contributed by atoms with Gasteiger partial charge in [-0.25, -0.2) is 9.78 Å². The Bertz CT molecular complexity index is 549. The van der Waals surface area contributed by atoms with Crippen molar-refractivity contribution in [3.63, 3.8) is 0 Å². The number of hydrogen-bond donors (Lipinski definition) is 1. The molecule has 0 bridgehead atoms. The summed E-state index contributed by atoms with van der Waals surface area (Å²) in [7, 11) is 0. The maximum atomic E-state index is 11.5. The highest BCUT2D eigenvalue weighted by Crippen LogP contribution is 2.13. The van der Waals surface area contributed by atoms with Gasteiger partial charge in [0.25, 0.3) is 0 Å². The molecular formula is C13H14N2O2. The van der Waals surface area contributed by atoms with Crippen LogP contribution in [0.1, 0.15) is 17.2 Å². The van der Waals surface area contributed by atoms with Crippen molar-refractivity contribution in [1.82, 2.24) is 9.55 Å². The number of rotatable bonds is 3. The Balaban J connectivity index is 2.21. The topological polar surface area (TPSA) is 55.1 Å². The summed E-state index contributed by atoms with van der Waals surface area (Å²) in [5.74, 6) is 0. The van der Waals surface area contributed by atoms with Gasteiger partial charge in [0.05, 0.1) is 12.6 Å². The lowest BCUT2D eigenvalue weighted by Gasteiger charge is -2.12. The lowest BCUT2D eigenvalue weighted by atomic mass is 10.1. The molecule has 0 aliphatic carbocycles. The summed E-state index contributed by atoms with van der Waals surface area (Å²) in [5, 5.41) is 10.0. The van der Waals surface area contributed by atoms with Crippen LogP contribution in [0.2, 0.25) is 0 Å². The summed E-state index contributed by atoms with van der Waals surface area (Å²) in [4.78, 5) is 15.2. The molecular weight excluding hydrogens is 216 g/mol. The van der Waals surface area contributed by atoms with Crippen LogP contribution >= 0.6 is 0 Å². The van der Waals surface area contributed by atoms with Crippen molar-refractivity contribution in [3.05, 3.63) is 64.3 Å². The summed E-state index contributed by atoms with van der Waals surface area (Å²) in [6.07, 6.45) is 2.52. The fraction of sp³-hybridized carbons (Fsp3) is 0.231. The smallest absolute Gasteiger partial charge is 0.347 e. The monoisotopic (exact) mass is 230 g/mol. The van der Waals surface area contributed by atoms with Gasteiger partial charge in [-0.2, -0.15) is 0 Å². The molecule has 1 atom stereocenters. The number of aromatic nitrogens is 2. The Morgan fingerprint density at radius 3 is 2.76 bits per heavy atom. The summed E-state index contributed by atoms with van der Waals surface area (Å²) in [5.41, 5.74) is 1.34. The molecule has 0 amide bonds. The zero-order valence-electron chi connectivity index (χ0n) is 9.58. The van der Waals surface area contributed by atoms with Gasteiger partial charge in [-0.05, 0) is 18.1 Å². The second-order valence-corrected chi connectivity index (χ2v) is 3.99. The maximum absolute atomic E-state index is 11.5. The molecule has 4 nitrogen and oxygen atoms in total. The number of nitrogens with zero attached hydrogens (tertiary/aromatic N) is 2. The largest absolute Gasteiger partial charge is 0.387 e. The van der Waals surface area contributed by atoms with Gasteiger partial charge < -0.3 is 5.11 Å². The van der Waals surface area contributed by atoms with Gasteiger partial charge in [0, 0.05) is 12.4 Å². The molecule has 1 N–H and O–H groups in total. The van der Waals surface area contributed by atoms with E-state index in [4.69, 9.17) is 0 Å². The van der Waals surface area contributed by atoms with Gasteiger partial charge >= 0.3 is 5.69 Å². The minimum atomic E-state index is -0.697. The predicted octanol–water partition coefficient (Wildman–Crippen LogP) is 1.29. The van der Waals surface area contributed by atoms with Crippen LogP contribution in [-0.2, 0) is 6.54 Å². The molecule has 1 aromatic heterocycles. The van der Waals surface area contributed by atoms with E-state index < -0.39 is 6.10 Å². The van der Waals surface area contributed by atoms with E-state index in [1.807, 2.05) is 37.3 Å². The normalized spacial score (nSPS) is 12.4. The first-order valence-electron chi connectivity index (χ1n) is 5.43. The van der Waals surface area contributed by atoms with E-state index >= 15 is 0 Å². The van der Waals surface area contributed by atoms with Crippen LogP contribution in [0.25, 0.3) is 0 Å². The summed E-state index contributed by atoms with van der Waals surface area (Å²) < 4.78 is 1.42. The Kier molecular flexibility index (Phi) is 3.35. The maximum Gasteiger partial charge on any atom is 0.347 e. The van der Waals surface area contributed by atoms with E-state index in [1.54, 1.807) is 6.20 Å². The Morgan fingerprint density at radius 2 is 2.06 bits per heavy atom. The predicted molar refractivity (Wildman–Crippen MR) is 64.6 cm³/mol. The number of aryl methyl sites for hydroxylation is 1. The van der Waals surface area contributed by atoms with Crippen LogP contribution in [0.3, 0.4) is 0 Å². The van der Waals surface area contributed by atoms with E-state index in [9.17, 15) is 9.90 Å². The first-order valence-corrected chi connectivity index (χ1v) is 5.43. The Morgan fingerprint density at radius 1 is 1.35 bits per heavy atom. The van der Waals surface area contributed by atoms with Crippen LogP contribution in [0.5, 0.6) is 0 Å². The third-order valence-corrected chi connectivity index (χ3v) is 2.54. The van der Waals surface area contributed by atoms with Gasteiger partial charge in [-0.3, -0.25) is 4.57 Å². The lowest BCUT2D eigenvalue weighted by Crippen LogP contribution is -2.25. The van der Waals surface area contributed by atoms with Gasteiger partial charge in [0.15, 0.2) is 0 Å². The van der Waals surface area contributed by atoms with Crippen LogP contribution in [0.4, 0.5) is 0 Å². The first kappa shape index (κ1) is 11.5. The van der Waals surface area contributed by atoms with Crippen molar-refractivity contribution in [2.75, 3.05) is 0 Å². The van der Waals surface area contributed by atoms with E-state index in [0.717, 1.165) is 11.1 Å². The quantitative estimate of drug-likeness (QED) is 0.864. The molecule has 0 spiro atoms. The van der Waals surface area contributed by atoms with Gasteiger partial charge in [-0.1, -0.05) is 30.3 Å². The number of aliphatic hydroxyl groups is 1. The van der Waals surface area contributed by atoms with Gasteiger partial charge in [0.1, 0.15) is 0 Å². The zero-order chi connectivity index (χ0) is 12.3. The number of aliphatic hydroxyl groups excluding tert-OH is 1. The van der Waals surface area contributed by atoms with Gasteiger partial charge in [0.2, 0.25) is 0 Å². The average Bonchev–Trinajstić information content (AvgIpc) is 2.35. The second kappa shape index (κ2) is 4.93. The third kappa shape index (κ3) is 2.79. The van der Waals surface area contributed by atoms with Crippen molar-refractivity contribution in [1.29, 1.82) is 0 Å². The second-order valence-electron chi connectivity index (χ2n) is 3.99. The molecule has 0 aliphatic heterocycles. The standard InChI is InChI=1S/C13H14N2O2/c1-10-7-14-13(17)15(8-10)9-12(16)11-5-3-2-4-6-11/h2-8,12,16H,9H2,1H3. The summed E-state index contributed by atoms with van der Waals surface area (Å²) >= 11 is 0. The van der Waals surface area contributed by atoms with E-state index in [1.165, 1.54) is 10.8 Å². The Labute approximate surface area is 99.2 Å². The highest BCUT2D eigenvalue weighted by molar-refractivity contribution is 5.17. The molecule has 0 aliphatic rings. The molecule has 1 aromatic carbocycles. The fourth-order valence-electron chi connectivity index (χ4n) is 1.66. The fourth-order valence-corrected chi connectivity index (χ4v) is 1.66. The molecule has 0 radical (unpaired) electrons. The van der Waals surface area contributed by atoms with E-state index in [-0.39, 0.29) is 12.2 Å². The molecule has 0 fully saturated rings. The molecule has 2 rings (SSSR count). The average molecular weight is 230 g/mol. The van der Waals surface area contributed by atoms with Crippen molar-refractivity contribution in [2.45, 2.75) is 19.6 Å². The van der Waals surface area contributed by atoms with E-state index in [2.05, 4.69) is 4.98 Å². The molecule has 17 heavy (non-hydrogen) atoms. The van der Waals surface area contributed by atoms with Crippen molar-refractivity contribution in [3.8, 4) is 0 Å². The minimum absolute atomic E-state index is 0.220. The van der Waals surface area contributed by atoms with Crippen molar-refractivity contribution < 1.29 is 5.11 Å². The van der Waals surface area contributed by atoms with Crippen LogP contribution in [-0.4, -0.2) is 14.7 Å².